The van der Waals surface area contributed by atoms with Crippen LogP contribution in [0, 0.1) is 5.82 Å². The summed E-state index contributed by atoms with van der Waals surface area (Å²) >= 11 is 1.53. The number of oxazole rings is 1. The van der Waals surface area contributed by atoms with Crippen LogP contribution in [-0.4, -0.2) is 15.9 Å². The van der Waals surface area contributed by atoms with Gasteiger partial charge in [-0.05, 0) is 47.8 Å². The van der Waals surface area contributed by atoms with Crippen molar-refractivity contribution in [2.45, 2.75) is 13.0 Å². The van der Waals surface area contributed by atoms with Gasteiger partial charge in [-0.25, -0.2) is 9.37 Å². The quantitative estimate of drug-likeness (QED) is 0.525. The lowest BCUT2D eigenvalue weighted by Gasteiger charge is -2.04. The normalized spacial score (nSPS) is 10.8. The third-order valence-electron chi connectivity index (χ3n) is 4.09. The number of hydrogen-bond donors (Lipinski definition) is 1. The van der Waals surface area contributed by atoms with Gasteiger partial charge in [0.05, 0.1) is 24.4 Å². The molecule has 0 bridgehead atoms. The monoisotopic (exact) mass is 393 g/mol. The van der Waals surface area contributed by atoms with Crippen molar-refractivity contribution in [1.29, 1.82) is 0 Å². The number of hydrogen-bond acceptors (Lipinski definition) is 5. The molecule has 0 spiro atoms. The van der Waals surface area contributed by atoms with E-state index in [1.165, 1.54) is 23.5 Å². The molecule has 0 fully saturated rings. The highest BCUT2D eigenvalue weighted by Crippen LogP contribution is 2.31. The van der Waals surface area contributed by atoms with Crippen molar-refractivity contribution >= 4 is 17.2 Å². The summed E-state index contributed by atoms with van der Waals surface area (Å²) in [5.74, 6) is 0.394. The molecule has 4 rings (SSSR count). The van der Waals surface area contributed by atoms with E-state index < -0.39 is 0 Å². The number of aromatic nitrogens is 2. The Morgan fingerprint density at radius 1 is 1.11 bits per heavy atom. The van der Waals surface area contributed by atoms with Crippen LogP contribution in [0.25, 0.3) is 22.8 Å². The Balaban J connectivity index is 1.56. The minimum absolute atomic E-state index is 0.0721. The highest BCUT2D eigenvalue weighted by atomic mass is 32.1. The number of carbonyl (C=O) groups excluding carboxylic acids is 1. The predicted octanol–water partition coefficient (Wildman–Crippen LogP) is 4.46. The molecule has 4 aromatic rings. The zero-order chi connectivity index (χ0) is 19.3. The van der Waals surface area contributed by atoms with Crippen LogP contribution < -0.4 is 5.32 Å². The zero-order valence-electron chi connectivity index (χ0n) is 14.8. The van der Waals surface area contributed by atoms with Crippen LogP contribution >= 0.6 is 11.3 Å². The molecule has 0 aliphatic heterocycles. The molecule has 7 heteroatoms. The van der Waals surface area contributed by atoms with Crippen LogP contribution in [0.2, 0.25) is 0 Å². The van der Waals surface area contributed by atoms with Crippen LogP contribution in [-0.2, 0) is 17.8 Å². The summed E-state index contributed by atoms with van der Waals surface area (Å²) in [6.07, 6.45) is 1.76. The van der Waals surface area contributed by atoms with E-state index in [0.29, 0.717) is 29.5 Å². The fraction of sp³-hybridized carbons (Fsp3) is 0.0952. The summed E-state index contributed by atoms with van der Waals surface area (Å²) < 4.78 is 19.1. The van der Waals surface area contributed by atoms with Crippen LogP contribution in [0.1, 0.15) is 11.4 Å². The number of halogens is 1. The van der Waals surface area contributed by atoms with Crippen LogP contribution in [0.15, 0.2) is 69.9 Å². The largest absolute Gasteiger partial charge is 0.436 e. The lowest BCUT2D eigenvalue weighted by molar-refractivity contribution is -0.120. The Labute approximate surface area is 164 Å². The Bertz CT molecular complexity index is 1060. The molecule has 0 radical (unpaired) electrons. The minimum Gasteiger partial charge on any atom is -0.436 e. The molecule has 0 aliphatic carbocycles. The highest BCUT2D eigenvalue weighted by molar-refractivity contribution is 7.08. The van der Waals surface area contributed by atoms with Crippen LogP contribution in [0.4, 0.5) is 4.39 Å². The van der Waals surface area contributed by atoms with Crippen molar-refractivity contribution in [3.63, 3.8) is 0 Å². The molecule has 3 aromatic heterocycles. The first-order valence-corrected chi connectivity index (χ1v) is 9.58. The molecule has 0 saturated heterocycles. The van der Waals surface area contributed by atoms with Gasteiger partial charge in [0.25, 0.3) is 0 Å². The summed E-state index contributed by atoms with van der Waals surface area (Å²) in [6, 6.07) is 13.4. The van der Waals surface area contributed by atoms with Gasteiger partial charge in [0.1, 0.15) is 5.82 Å². The van der Waals surface area contributed by atoms with E-state index in [-0.39, 0.29) is 18.1 Å². The topological polar surface area (TPSA) is 68.0 Å². The van der Waals surface area contributed by atoms with Gasteiger partial charge in [-0.3, -0.25) is 9.78 Å². The first kappa shape index (κ1) is 18.1. The van der Waals surface area contributed by atoms with E-state index in [2.05, 4.69) is 15.3 Å². The Kier molecular flexibility index (Phi) is 5.25. The van der Waals surface area contributed by atoms with E-state index in [4.69, 9.17) is 4.42 Å². The number of benzene rings is 1. The van der Waals surface area contributed by atoms with Crippen molar-refractivity contribution in [3.05, 3.63) is 82.7 Å². The van der Waals surface area contributed by atoms with Gasteiger partial charge in [-0.15, -0.1) is 0 Å². The van der Waals surface area contributed by atoms with Gasteiger partial charge in [-0.2, -0.15) is 11.3 Å². The number of amides is 1. The van der Waals surface area contributed by atoms with E-state index in [0.717, 1.165) is 11.3 Å². The second kappa shape index (κ2) is 8.14. The average molecular weight is 393 g/mol. The molecule has 1 N–H and O–H groups in total. The number of nitrogens with one attached hydrogen (secondary N) is 1. The molecule has 1 amide bonds. The van der Waals surface area contributed by atoms with Gasteiger partial charge in [-0.1, -0.05) is 6.07 Å². The van der Waals surface area contributed by atoms with Crippen molar-refractivity contribution in [3.8, 4) is 22.8 Å². The van der Waals surface area contributed by atoms with Crippen LogP contribution in [0.3, 0.4) is 0 Å². The van der Waals surface area contributed by atoms with Crippen molar-refractivity contribution in [2.24, 2.45) is 0 Å². The second-order valence-electron chi connectivity index (χ2n) is 6.09. The van der Waals surface area contributed by atoms with Gasteiger partial charge < -0.3 is 9.73 Å². The third-order valence-corrected chi connectivity index (χ3v) is 4.78. The molecule has 0 unspecified atom stereocenters. The summed E-state index contributed by atoms with van der Waals surface area (Å²) in [5.41, 5.74) is 2.83. The molecule has 140 valence electrons. The van der Waals surface area contributed by atoms with Crippen molar-refractivity contribution in [1.82, 2.24) is 15.3 Å². The molecule has 0 atom stereocenters. The molecule has 1 aromatic carbocycles. The molecule has 3 heterocycles. The summed E-state index contributed by atoms with van der Waals surface area (Å²) in [6.45, 7) is 0.343. The smallest absolute Gasteiger partial charge is 0.227 e. The average Bonchev–Trinajstić information content (AvgIpc) is 3.38. The molecule has 5 nitrogen and oxygen atoms in total. The molecule has 0 saturated carbocycles. The van der Waals surface area contributed by atoms with Gasteiger partial charge in [0.15, 0.2) is 5.76 Å². The zero-order valence-corrected chi connectivity index (χ0v) is 15.6. The SMILES string of the molecule is O=C(Cc1nc(-c2ccc(F)cc2)oc1-c1ccsc1)NCc1ccccn1. The number of pyridine rings is 1. The molecular weight excluding hydrogens is 377 g/mol. The number of nitrogens with zero attached hydrogens (tertiary/aromatic N) is 2. The fourth-order valence-corrected chi connectivity index (χ4v) is 3.35. The summed E-state index contributed by atoms with van der Waals surface area (Å²) in [7, 11) is 0. The highest BCUT2D eigenvalue weighted by Gasteiger charge is 2.19. The number of rotatable bonds is 6. The predicted molar refractivity (Wildman–Crippen MR) is 105 cm³/mol. The van der Waals surface area contributed by atoms with E-state index in [9.17, 15) is 9.18 Å². The minimum atomic E-state index is -0.331. The van der Waals surface area contributed by atoms with E-state index in [1.807, 2.05) is 35.0 Å². The molecular formula is C21H16FN3O2S. The Morgan fingerprint density at radius 2 is 1.96 bits per heavy atom. The van der Waals surface area contributed by atoms with Crippen molar-refractivity contribution < 1.29 is 13.6 Å². The van der Waals surface area contributed by atoms with E-state index >= 15 is 0 Å². The Morgan fingerprint density at radius 3 is 2.68 bits per heavy atom. The first-order chi connectivity index (χ1) is 13.7. The maximum Gasteiger partial charge on any atom is 0.227 e. The van der Waals surface area contributed by atoms with Gasteiger partial charge in [0.2, 0.25) is 11.8 Å². The lowest BCUT2D eigenvalue weighted by Crippen LogP contribution is -2.25. The van der Waals surface area contributed by atoms with E-state index in [1.54, 1.807) is 18.3 Å². The number of thiophene rings is 1. The summed E-state index contributed by atoms with van der Waals surface area (Å²) in [5, 5.41) is 6.71. The van der Waals surface area contributed by atoms with Crippen molar-refractivity contribution in [2.75, 3.05) is 0 Å². The number of carbonyl (C=O) groups is 1. The maximum atomic E-state index is 13.2. The Hall–Kier alpha value is -3.32. The third kappa shape index (κ3) is 4.15. The summed E-state index contributed by atoms with van der Waals surface area (Å²) in [4.78, 5) is 21.1. The van der Waals surface area contributed by atoms with Gasteiger partial charge in [0, 0.05) is 22.7 Å². The van der Waals surface area contributed by atoms with Crippen LogP contribution in [0.5, 0.6) is 0 Å². The standard InChI is InChI=1S/C21H16FN3O2S/c22-16-6-4-14(5-7-16)21-25-18(20(27-21)15-8-10-28-13-15)11-19(26)24-12-17-3-1-2-9-23-17/h1-10,13H,11-12H2,(H,24,26). The second-order valence-corrected chi connectivity index (χ2v) is 6.87. The fourth-order valence-electron chi connectivity index (χ4n) is 2.71. The van der Waals surface area contributed by atoms with Gasteiger partial charge >= 0.3 is 0 Å². The molecule has 28 heavy (non-hydrogen) atoms. The maximum absolute atomic E-state index is 13.2. The lowest BCUT2D eigenvalue weighted by atomic mass is 10.1. The molecule has 0 aliphatic rings. The first-order valence-electron chi connectivity index (χ1n) is 8.64.